The fraction of sp³-hybridized carbons (Fsp3) is 0.818. The molecule has 5 heteroatoms. The van der Waals surface area contributed by atoms with Gasteiger partial charge in [0.05, 0.1) is 5.60 Å². The molecule has 0 fully saturated rings. The Morgan fingerprint density at radius 2 is 1.94 bits per heavy atom. The van der Waals surface area contributed by atoms with Crippen molar-refractivity contribution < 1.29 is 19.4 Å². The van der Waals surface area contributed by atoms with Crippen molar-refractivity contribution in [1.82, 2.24) is 5.32 Å². The topological polar surface area (TPSA) is 75.6 Å². The lowest BCUT2D eigenvalue weighted by atomic mass is 10.1. The van der Waals surface area contributed by atoms with Crippen LogP contribution in [0.2, 0.25) is 0 Å². The minimum Gasteiger partial charge on any atom is -0.481 e. The second-order valence-corrected chi connectivity index (χ2v) is 4.22. The van der Waals surface area contributed by atoms with E-state index in [1.165, 1.54) is 0 Å². The first-order valence-corrected chi connectivity index (χ1v) is 5.50. The van der Waals surface area contributed by atoms with Gasteiger partial charge >= 0.3 is 5.97 Å². The number of amides is 1. The van der Waals surface area contributed by atoms with Crippen molar-refractivity contribution in [3.05, 3.63) is 0 Å². The van der Waals surface area contributed by atoms with Crippen LogP contribution in [0.1, 0.15) is 40.0 Å². The van der Waals surface area contributed by atoms with Crippen molar-refractivity contribution in [3.63, 3.8) is 0 Å². The lowest BCUT2D eigenvalue weighted by Gasteiger charge is -2.24. The van der Waals surface area contributed by atoms with Gasteiger partial charge in [0.15, 0.2) is 0 Å². The van der Waals surface area contributed by atoms with Gasteiger partial charge in [-0.15, -0.1) is 0 Å². The molecule has 0 radical (unpaired) electrons. The summed E-state index contributed by atoms with van der Waals surface area (Å²) in [6.45, 7) is 6.73. The quantitative estimate of drug-likeness (QED) is 0.657. The van der Waals surface area contributed by atoms with E-state index in [2.05, 4.69) is 5.32 Å². The summed E-state index contributed by atoms with van der Waals surface area (Å²) in [5, 5.41) is 11.1. The zero-order chi connectivity index (χ0) is 12.6. The van der Waals surface area contributed by atoms with Gasteiger partial charge in [0.2, 0.25) is 5.91 Å². The number of hydrogen-bond acceptors (Lipinski definition) is 3. The molecule has 0 aromatic heterocycles. The van der Waals surface area contributed by atoms with Crippen LogP contribution >= 0.6 is 0 Å². The molecular formula is C11H21NO4. The number of aliphatic carboxylic acids is 1. The normalized spacial score (nSPS) is 11.2. The molecule has 1 amide bonds. The highest BCUT2D eigenvalue weighted by Gasteiger charge is 2.18. The molecule has 0 saturated carbocycles. The second kappa shape index (κ2) is 7.22. The van der Waals surface area contributed by atoms with Crippen molar-refractivity contribution in [2.24, 2.45) is 0 Å². The van der Waals surface area contributed by atoms with Crippen LogP contribution in [0, 0.1) is 0 Å². The van der Waals surface area contributed by atoms with Crippen molar-refractivity contribution >= 4 is 11.9 Å². The lowest BCUT2D eigenvalue weighted by molar-refractivity contribution is -0.137. The minimum atomic E-state index is -0.873. The number of nitrogens with one attached hydrogen (secondary N) is 1. The van der Waals surface area contributed by atoms with Crippen molar-refractivity contribution in [2.45, 2.75) is 45.6 Å². The monoisotopic (exact) mass is 231 g/mol. The maximum Gasteiger partial charge on any atom is 0.303 e. The Morgan fingerprint density at radius 1 is 1.31 bits per heavy atom. The highest BCUT2D eigenvalue weighted by molar-refractivity contribution is 5.76. The van der Waals surface area contributed by atoms with Gasteiger partial charge in [-0.05, 0) is 27.2 Å². The number of carbonyl (C=O) groups excluding carboxylic acids is 1. The number of carbonyl (C=O) groups is 2. The molecule has 0 aromatic rings. The van der Waals surface area contributed by atoms with Gasteiger partial charge in [-0.3, -0.25) is 9.59 Å². The van der Waals surface area contributed by atoms with E-state index in [0.717, 1.165) is 0 Å². The summed E-state index contributed by atoms with van der Waals surface area (Å²) in [6, 6.07) is 0. The maximum atomic E-state index is 11.3. The van der Waals surface area contributed by atoms with Gasteiger partial charge in [-0.2, -0.15) is 0 Å². The van der Waals surface area contributed by atoms with E-state index in [-0.39, 0.29) is 24.3 Å². The van der Waals surface area contributed by atoms with Crippen LogP contribution in [0.3, 0.4) is 0 Å². The van der Waals surface area contributed by atoms with E-state index < -0.39 is 5.97 Å². The molecule has 0 atom stereocenters. The molecular weight excluding hydrogens is 210 g/mol. The molecule has 0 heterocycles. The average Bonchev–Trinajstić information content (AvgIpc) is 2.14. The maximum absolute atomic E-state index is 11.3. The number of carboxylic acid groups (broad SMARTS) is 1. The number of hydrogen-bond donors (Lipinski definition) is 2. The molecule has 0 aromatic carbocycles. The molecule has 0 aliphatic carbocycles. The van der Waals surface area contributed by atoms with Gasteiger partial charge in [0.25, 0.3) is 0 Å². The number of carboxylic acids is 1. The van der Waals surface area contributed by atoms with Gasteiger partial charge in [0.1, 0.15) is 0 Å². The standard InChI is InChI=1S/C11H21NO4/c1-4-16-11(2,3)8-12-9(13)6-5-7-10(14)15/h4-8H2,1-3H3,(H,12,13)(H,14,15). The van der Waals surface area contributed by atoms with Crippen LogP contribution in [0.5, 0.6) is 0 Å². The Kier molecular flexibility index (Phi) is 6.72. The Labute approximate surface area is 96.2 Å². The fourth-order valence-corrected chi connectivity index (χ4v) is 1.24. The van der Waals surface area contributed by atoms with Gasteiger partial charge in [-0.1, -0.05) is 0 Å². The first kappa shape index (κ1) is 14.9. The summed E-state index contributed by atoms with van der Waals surface area (Å²) >= 11 is 0. The zero-order valence-electron chi connectivity index (χ0n) is 10.2. The Balaban J connectivity index is 3.68. The summed E-state index contributed by atoms with van der Waals surface area (Å²) in [5.74, 6) is -1.00. The smallest absolute Gasteiger partial charge is 0.303 e. The summed E-state index contributed by atoms with van der Waals surface area (Å²) in [4.78, 5) is 21.5. The molecule has 5 nitrogen and oxygen atoms in total. The largest absolute Gasteiger partial charge is 0.481 e. The van der Waals surface area contributed by atoms with E-state index in [1.807, 2.05) is 20.8 Å². The second-order valence-electron chi connectivity index (χ2n) is 4.22. The summed E-state index contributed by atoms with van der Waals surface area (Å²) in [6.07, 6.45) is 0.646. The highest BCUT2D eigenvalue weighted by Crippen LogP contribution is 2.07. The number of ether oxygens (including phenoxy) is 1. The van der Waals surface area contributed by atoms with Crippen molar-refractivity contribution in [2.75, 3.05) is 13.2 Å². The van der Waals surface area contributed by atoms with E-state index in [1.54, 1.807) is 0 Å². The van der Waals surface area contributed by atoms with Crippen LogP contribution < -0.4 is 5.32 Å². The molecule has 0 rings (SSSR count). The van der Waals surface area contributed by atoms with E-state index in [9.17, 15) is 9.59 Å². The van der Waals surface area contributed by atoms with Crippen molar-refractivity contribution in [1.29, 1.82) is 0 Å². The Hall–Kier alpha value is -1.10. The summed E-state index contributed by atoms with van der Waals surface area (Å²) < 4.78 is 5.41. The van der Waals surface area contributed by atoms with Crippen LogP contribution in [-0.4, -0.2) is 35.7 Å². The predicted molar refractivity (Wildman–Crippen MR) is 60.2 cm³/mol. The van der Waals surface area contributed by atoms with Gasteiger partial charge in [-0.25, -0.2) is 0 Å². The highest BCUT2D eigenvalue weighted by atomic mass is 16.5. The van der Waals surface area contributed by atoms with E-state index in [0.29, 0.717) is 19.6 Å². The number of rotatable bonds is 8. The summed E-state index contributed by atoms with van der Waals surface area (Å²) in [7, 11) is 0. The molecule has 0 bridgehead atoms. The minimum absolute atomic E-state index is 0.0300. The first-order chi connectivity index (χ1) is 7.37. The van der Waals surface area contributed by atoms with Crippen LogP contribution in [0.15, 0.2) is 0 Å². The third-order valence-electron chi connectivity index (χ3n) is 2.04. The van der Waals surface area contributed by atoms with Crippen molar-refractivity contribution in [3.8, 4) is 0 Å². The SMILES string of the molecule is CCOC(C)(C)CNC(=O)CCCC(=O)O. The molecule has 0 spiro atoms. The molecule has 2 N–H and O–H groups in total. The zero-order valence-corrected chi connectivity index (χ0v) is 10.2. The Morgan fingerprint density at radius 3 is 2.44 bits per heavy atom. The van der Waals surface area contributed by atoms with E-state index in [4.69, 9.17) is 9.84 Å². The van der Waals surface area contributed by atoms with Crippen LogP contribution in [0.25, 0.3) is 0 Å². The Bertz CT molecular complexity index is 238. The van der Waals surface area contributed by atoms with Gasteiger partial charge in [0, 0.05) is 26.0 Å². The third kappa shape index (κ3) is 8.23. The predicted octanol–water partition coefficient (Wildman–Crippen LogP) is 1.17. The molecule has 0 unspecified atom stereocenters. The van der Waals surface area contributed by atoms with E-state index >= 15 is 0 Å². The average molecular weight is 231 g/mol. The lowest BCUT2D eigenvalue weighted by Crippen LogP contribution is -2.40. The third-order valence-corrected chi connectivity index (χ3v) is 2.04. The first-order valence-electron chi connectivity index (χ1n) is 5.50. The molecule has 16 heavy (non-hydrogen) atoms. The molecule has 0 saturated heterocycles. The van der Waals surface area contributed by atoms with Crippen LogP contribution in [-0.2, 0) is 14.3 Å². The fourth-order valence-electron chi connectivity index (χ4n) is 1.24. The molecule has 94 valence electrons. The van der Waals surface area contributed by atoms with Crippen LogP contribution in [0.4, 0.5) is 0 Å². The molecule has 0 aliphatic heterocycles. The molecule has 0 aliphatic rings. The summed E-state index contributed by atoms with van der Waals surface area (Å²) in [5.41, 5.74) is -0.378. The van der Waals surface area contributed by atoms with Gasteiger partial charge < -0.3 is 15.2 Å².